The molecule has 0 fully saturated rings. The van der Waals surface area contributed by atoms with Crippen molar-refractivity contribution >= 4 is 15.9 Å². The summed E-state index contributed by atoms with van der Waals surface area (Å²) in [7, 11) is -3.38. The van der Waals surface area contributed by atoms with Gasteiger partial charge in [-0.25, -0.2) is 18.1 Å². The molecule has 0 bridgehead atoms. The zero-order valence-electron chi connectivity index (χ0n) is 10.4. The van der Waals surface area contributed by atoms with E-state index < -0.39 is 16.1 Å². The number of nitrogens with zero attached hydrogens (tertiary/aromatic N) is 1. The van der Waals surface area contributed by atoms with E-state index in [-0.39, 0.29) is 18.2 Å². The fraction of sp³-hybridized carbons (Fsp3) is 0.600. The highest BCUT2D eigenvalue weighted by molar-refractivity contribution is 7.89. The highest BCUT2D eigenvalue weighted by Crippen LogP contribution is 1.94. The number of hydrogen-bond acceptors (Lipinski definition) is 4. The average Bonchev–Trinajstić information content (AvgIpc) is 2.77. The maximum absolute atomic E-state index is 11.6. The Morgan fingerprint density at radius 2 is 2.28 bits per heavy atom. The highest BCUT2D eigenvalue weighted by atomic mass is 32.2. The second-order valence-corrected chi connectivity index (χ2v) is 5.79. The van der Waals surface area contributed by atoms with Crippen LogP contribution in [0.4, 0.5) is 0 Å². The van der Waals surface area contributed by atoms with Crippen molar-refractivity contribution in [3.63, 3.8) is 0 Å². The van der Waals surface area contributed by atoms with E-state index in [1.54, 1.807) is 19.3 Å². The van der Waals surface area contributed by atoms with E-state index in [9.17, 15) is 13.2 Å². The van der Waals surface area contributed by atoms with Crippen molar-refractivity contribution in [2.75, 3.05) is 5.75 Å². The van der Waals surface area contributed by atoms with Crippen molar-refractivity contribution in [1.29, 1.82) is 0 Å². The summed E-state index contributed by atoms with van der Waals surface area (Å²) < 4.78 is 25.3. The fourth-order valence-electron chi connectivity index (χ4n) is 1.37. The van der Waals surface area contributed by atoms with Crippen LogP contribution in [0, 0.1) is 0 Å². The van der Waals surface area contributed by atoms with E-state index >= 15 is 0 Å². The van der Waals surface area contributed by atoms with Gasteiger partial charge < -0.3 is 10.3 Å². The Hall–Kier alpha value is -1.41. The van der Waals surface area contributed by atoms with Crippen molar-refractivity contribution in [3.05, 3.63) is 18.2 Å². The van der Waals surface area contributed by atoms with E-state index in [4.69, 9.17) is 0 Å². The summed E-state index contributed by atoms with van der Waals surface area (Å²) in [6, 6.07) is -0.795. The molecule has 1 heterocycles. The molecule has 18 heavy (non-hydrogen) atoms. The van der Waals surface area contributed by atoms with Gasteiger partial charge in [0.25, 0.3) is 0 Å². The molecule has 1 unspecified atom stereocenters. The monoisotopic (exact) mass is 274 g/mol. The lowest BCUT2D eigenvalue weighted by molar-refractivity contribution is -0.122. The summed E-state index contributed by atoms with van der Waals surface area (Å²) in [6.45, 7) is 3.51. The topological polar surface area (TPSA) is 104 Å². The second-order valence-electron chi connectivity index (χ2n) is 3.91. The number of aromatic amines is 1. The molecule has 0 spiro atoms. The van der Waals surface area contributed by atoms with E-state index in [0.29, 0.717) is 12.2 Å². The molecule has 0 radical (unpaired) electrons. The molecular weight excluding hydrogens is 256 g/mol. The lowest BCUT2D eigenvalue weighted by Crippen LogP contribution is -2.45. The fourth-order valence-corrected chi connectivity index (χ4v) is 2.67. The van der Waals surface area contributed by atoms with Crippen LogP contribution in [0.25, 0.3) is 0 Å². The maximum Gasteiger partial charge on any atom is 0.238 e. The predicted molar refractivity (Wildman–Crippen MR) is 67.1 cm³/mol. The Labute approximate surface area is 106 Å². The Kier molecular flexibility index (Phi) is 5.29. The Morgan fingerprint density at radius 3 is 2.83 bits per heavy atom. The van der Waals surface area contributed by atoms with Crippen LogP contribution in [0.5, 0.6) is 0 Å². The smallest absolute Gasteiger partial charge is 0.238 e. The number of rotatable bonds is 7. The van der Waals surface area contributed by atoms with Crippen molar-refractivity contribution in [2.45, 2.75) is 32.9 Å². The minimum atomic E-state index is -3.38. The van der Waals surface area contributed by atoms with Crippen molar-refractivity contribution < 1.29 is 13.2 Å². The first-order valence-corrected chi connectivity index (χ1v) is 7.36. The zero-order chi connectivity index (χ0) is 13.6. The molecule has 8 heteroatoms. The molecule has 0 aliphatic rings. The van der Waals surface area contributed by atoms with Crippen molar-refractivity contribution in [3.8, 4) is 0 Å². The van der Waals surface area contributed by atoms with Gasteiger partial charge in [-0.2, -0.15) is 0 Å². The third-order valence-electron chi connectivity index (χ3n) is 2.21. The van der Waals surface area contributed by atoms with Crippen LogP contribution in [0.2, 0.25) is 0 Å². The summed E-state index contributed by atoms with van der Waals surface area (Å²) in [6.07, 6.45) is 3.74. The minimum Gasteiger partial charge on any atom is -0.348 e. The summed E-state index contributed by atoms with van der Waals surface area (Å²) >= 11 is 0. The number of sulfonamides is 1. The van der Waals surface area contributed by atoms with Crippen LogP contribution in [-0.2, 0) is 21.4 Å². The van der Waals surface area contributed by atoms with Crippen LogP contribution in [0.1, 0.15) is 26.1 Å². The van der Waals surface area contributed by atoms with Gasteiger partial charge in [0.05, 0.1) is 18.3 Å². The van der Waals surface area contributed by atoms with Gasteiger partial charge in [-0.15, -0.1) is 0 Å². The maximum atomic E-state index is 11.6. The molecule has 1 atom stereocenters. The molecule has 0 saturated heterocycles. The average molecular weight is 274 g/mol. The van der Waals surface area contributed by atoms with E-state index in [1.807, 2.05) is 0 Å². The van der Waals surface area contributed by atoms with Gasteiger partial charge in [-0.05, 0) is 13.3 Å². The molecule has 0 aromatic carbocycles. The second kappa shape index (κ2) is 6.50. The third kappa shape index (κ3) is 4.84. The number of nitrogens with one attached hydrogen (secondary N) is 3. The van der Waals surface area contributed by atoms with Gasteiger partial charge in [-0.1, -0.05) is 6.92 Å². The standard InChI is InChI=1S/C10H18N4O3S/c1-3-6-18(16,17)14-8(2)10(15)13-7-9-11-4-5-12-9/h4-5,8,14H,3,6-7H2,1-2H3,(H,11,12)(H,13,15). The van der Waals surface area contributed by atoms with Crippen LogP contribution >= 0.6 is 0 Å². The highest BCUT2D eigenvalue weighted by Gasteiger charge is 2.19. The molecule has 102 valence electrons. The summed E-state index contributed by atoms with van der Waals surface area (Å²) in [5.74, 6) is 0.251. The van der Waals surface area contributed by atoms with Gasteiger partial charge >= 0.3 is 0 Å². The quantitative estimate of drug-likeness (QED) is 0.637. The van der Waals surface area contributed by atoms with Crippen LogP contribution in [-0.4, -0.2) is 36.1 Å². The Balaban J connectivity index is 2.42. The summed E-state index contributed by atoms with van der Waals surface area (Å²) in [5, 5.41) is 2.59. The molecule has 1 aromatic heterocycles. The first-order chi connectivity index (χ1) is 8.44. The lowest BCUT2D eigenvalue weighted by atomic mass is 10.3. The molecule has 1 rings (SSSR count). The van der Waals surface area contributed by atoms with Crippen LogP contribution in [0.3, 0.4) is 0 Å². The summed E-state index contributed by atoms with van der Waals surface area (Å²) in [4.78, 5) is 18.4. The van der Waals surface area contributed by atoms with Gasteiger partial charge in [0.2, 0.25) is 15.9 Å². The Bertz CT molecular complexity index is 469. The lowest BCUT2D eigenvalue weighted by Gasteiger charge is -2.13. The normalized spacial score (nSPS) is 13.2. The number of H-pyrrole nitrogens is 1. The van der Waals surface area contributed by atoms with Crippen LogP contribution < -0.4 is 10.0 Å². The molecule has 0 aliphatic heterocycles. The number of carbonyl (C=O) groups is 1. The number of carbonyl (C=O) groups excluding carboxylic acids is 1. The molecule has 1 amide bonds. The SMILES string of the molecule is CCCS(=O)(=O)NC(C)C(=O)NCc1ncc[nH]1. The predicted octanol–water partition coefficient (Wildman–Crippen LogP) is -0.256. The van der Waals surface area contributed by atoms with Crippen molar-refractivity contribution in [2.24, 2.45) is 0 Å². The number of aromatic nitrogens is 2. The molecule has 3 N–H and O–H groups in total. The number of amides is 1. The van der Waals surface area contributed by atoms with Gasteiger partial charge in [0.1, 0.15) is 5.82 Å². The van der Waals surface area contributed by atoms with Gasteiger partial charge in [-0.3, -0.25) is 4.79 Å². The third-order valence-corrected chi connectivity index (χ3v) is 3.87. The number of imidazole rings is 1. The Morgan fingerprint density at radius 1 is 1.56 bits per heavy atom. The molecule has 7 nitrogen and oxygen atoms in total. The number of hydrogen-bond donors (Lipinski definition) is 3. The molecule has 0 saturated carbocycles. The first-order valence-electron chi connectivity index (χ1n) is 5.70. The van der Waals surface area contributed by atoms with Gasteiger partial charge in [0.15, 0.2) is 0 Å². The van der Waals surface area contributed by atoms with E-state index in [1.165, 1.54) is 6.92 Å². The van der Waals surface area contributed by atoms with Crippen molar-refractivity contribution in [1.82, 2.24) is 20.0 Å². The molecule has 1 aromatic rings. The van der Waals surface area contributed by atoms with E-state index in [2.05, 4.69) is 20.0 Å². The van der Waals surface area contributed by atoms with Gasteiger partial charge in [0, 0.05) is 12.4 Å². The first kappa shape index (κ1) is 14.7. The largest absolute Gasteiger partial charge is 0.348 e. The van der Waals surface area contributed by atoms with Crippen LogP contribution in [0.15, 0.2) is 12.4 Å². The minimum absolute atomic E-state index is 0.0167. The molecular formula is C10H18N4O3S. The summed E-state index contributed by atoms with van der Waals surface area (Å²) in [5.41, 5.74) is 0. The zero-order valence-corrected chi connectivity index (χ0v) is 11.3. The van der Waals surface area contributed by atoms with E-state index in [0.717, 1.165) is 0 Å². The molecule has 0 aliphatic carbocycles.